The SMILES string of the molecule is C=CCn1c(SCc2ccc(C(=O)N(C)C)cc2)nnc1-c1cccc(C)c1. The first-order valence-corrected chi connectivity index (χ1v) is 10.0. The third kappa shape index (κ3) is 4.51. The summed E-state index contributed by atoms with van der Waals surface area (Å²) in [5, 5.41) is 9.65. The molecule has 144 valence electrons. The second-order valence-electron chi connectivity index (χ2n) is 6.76. The van der Waals surface area contributed by atoms with E-state index in [9.17, 15) is 4.79 Å². The van der Waals surface area contributed by atoms with Crippen LogP contribution in [-0.4, -0.2) is 39.7 Å². The van der Waals surface area contributed by atoms with Crippen LogP contribution in [0, 0.1) is 6.92 Å². The minimum absolute atomic E-state index is 0.00715. The van der Waals surface area contributed by atoms with Crippen molar-refractivity contribution in [2.24, 2.45) is 0 Å². The molecule has 0 N–H and O–H groups in total. The number of hydrogen-bond acceptors (Lipinski definition) is 4. The van der Waals surface area contributed by atoms with Gasteiger partial charge >= 0.3 is 0 Å². The lowest BCUT2D eigenvalue weighted by Gasteiger charge is -2.11. The van der Waals surface area contributed by atoms with E-state index < -0.39 is 0 Å². The van der Waals surface area contributed by atoms with Gasteiger partial charge in [0.25, 0.3) is 5.91 Å². The molecule has 0 spiro atoms. The zero-order valence-electron chi connectivity index (χ0n) is 16.4. The molecule has 0 saturated carbocycles. The Balaban J connectivity index is 1.77. The molecule has 28 heavy (non-hydrogen) atoms. The molecule has 3 rings (SSSR count). The van der Waals surface area contributed by atoms with E-state index in [1.54, 1.807) is 30.8 Å². The van der Waals surface area contributed by atoms with Crippen LogP contribution in [0.15, 0.2) is 66.3 Å². The highest BCUT2D eigenvalue weighted by atomic mass is 32.2. The average Bonchev–Trinajstić information content (AvgIpc) is 3.09. The molecule has 0 fully saturated rings. The van der Waals surface area contributed by atoms with Crippen molar-refractivity contribution in [3.8, 4) is 11.4 Å². The van der Waals surface area contributed by atoms with E-state index in [0.717, 1.165) is 27.9 Å². The van der Waals surface area contributed by atoms with Gasteiger partial charge in [0.2, 0.25) is 0 Å². The van der Waals surface area contributed by atoms with Crippen molar-refractivity contribution in [1.29, 1.82) is 0 Å². The van der Waals surface area contributed by atoms with Crippen molar-refractivity contribution in [2.45, 2.75) is 24.4 Å². The highest BCUT2D eigenvalue weighted by Crippen LogP contribution is 2.27. The second kappa shape index (κ2) is 8.89. The third-order valence-corrected chi connectivity index (χ3v) is 5.32. The highest BCUT2D eigenvalue weighted by Gasteiger charge is 2.14. The molecule has 0 radical (unpaired) electrons. The van der Waals surface area contributed by atoms with Gasteiger partial charge < -0.3 is 4.90 Å². The fraction of sp³-hybridized carbons (Fsp3) is 0.227. The van der Waals surface area contributed by atoms with Gasteiger partial charge in [-0.05, 0) is 30.7 Å². The highest BCUT2D eigenvalue weighted by molar-refractivity contribution is 7.98. The second-order valence-corrected chi connectivity index (χ2v) is 7.70. The standard InChI is InChI=1S/C22H24N4OS/c1-5-13-26-20(19-8-6-7-16(2)14-19)23-24-22(26)28-15-17-9-11-18(12-10-17)21(27)25(3)4/h5-12,14H,1,13,15H2,2-4H3. The molecule has 6 heteroatoms. The minimum atomic E-state index is 0.00715. The zero-order chi connectivity index (χ0) is 20.1. The maximum atomic E-state index is 12.0. The number of allylic oxidation sites excluding steroid dienone is 1. The average molecular weight is 393 g/mol. The van der Waals surface area contributed by atoms with Gasteiger partial charge in [-0.2, -0.15) is 0 Å². The fourth-order valence-electron chi connectivity index (χ4n) is 2.84. The lowest BCUT2D eigenvalue weighted by atomic mass is 10.1. The van der Waals surface area contributed by atoms with Crippen molar-refractivity contribution in [3.05, 3.63) is 77.9 Å². The first-order chi connectivity index (χ1) is 13.5. The molecule has 0 saturated heterocycles. The summed E-state index contributed by atoms with van der Waals surface area (Å²) in [6.07, 6.45) is 1.86. The lowest BCUT2D eigenvalue weighted by molar-refractivity contribution is 0.0827. The van der Waals surface area contributed by atoms with Gasteiger partial charge in [-0.15, -0.1) is 16.8 Å². The Bertz CT molecular complexity index is 976. The van der Waals surface area contributed by atoms with E-state index in [1.165, 1.54) is 5.56 Å². The Labute approximate surface area is 170 Å². The number of hydrogen-bond donors (Lipinski definition) is 0. The first-order valence-electron chi connectivity index (χ1n) is 9.04. The van der Waals surface area contributed by atoms with Gasteiger partial charge in [0.15, 0.2) is 11.0 Å². The smallest absolute Gasteiger partial charge is 0.253 e. The molecule has 2 aromatic carbocycles. The van der Waals surface area contributed by atoms with Gasteiger partial charge in [-0.3, -0.25) is 9.36 Å². The summed E-state index contributed by atoms with van der Waals surface area (Å²) in [5.41, 5.74) is 4.06. The molecule has 0 aliphatic carbocycles. The molecule has 5 nitrogen and oxygen atoms in total. The summed E-state index contributed by atoms with van der Waals surface area (Å²) in [4.78, 5) is 13.6. The number of thioether (sulfide) groups is 1. The molecule has 1 heterocycles. The number of nitrogens with zero attached hydrogens (tertiary/aromatic N) is 4. The summed E-state index contributed by atoms with van der Waals surface area (Å²) >= 11 is 1.63. The van der Waals surface area contributed by atoms with Crippen molar-refractivity contribution >= 4 is 17.7 Å². The van der Waals surface area contributed by atoms with Crippen LogP contribution in [0.1, 0.15) is 21.5 Å². The van der Waals surface area contributed by atoms with Crippen LogP contribution in [0.4, 0.5) is 0 Å². The molecule has 0 unspecified atom stereocenters. The minimum Gasteiger partial charge on any atom is -0.345 e. The van der Waals surface area contributed by atoms with Crippen LogP contribution in [0.25, 0.3) is 11.4 Å². The molecular weight excluding hydrogens is 368 g/mol. The summed E-state index contributed by atoms with van der Waals surface area (Å²) < 4.78 is 2.08. The maximum Gasteiger partial charge on any atom is 0.253 e. The van der Waals surface area contributed by atoms with Gasteiger partial charge in [0, 0.05) is 37.5 Å². The predicted molar refractivity (Wildman–Crippen MR) is 114 cm³/mol. The lowest BCUT2D eigenvalue weighted by Crippen LogP contribution is -2.21. The van der Waals surface area contributed by atoms with Gasteiger partial charge in [-0.1, -0.05) is 53.7 Å². The van der Waals surface area contributed by atoms with E-state index in [2.05, 4.69) is 40.4 Å². The number of aromatic nitrogens is 3. The van der Waals surface area contributed by atoms with Crippen molar-refractivity contribution in [1.82, 2.24) is 19.7 Å². The summed E-state index contributed by atoms with van der Waals surface area (Å²) in [6.45, 7) is 6.58. The largest absolute Gasteiger partial charge is 0.345 e. The Hall–Kier alpha value is -2.86. The van der Waals surface area contributed by atoms with Crippen LogP contribution >= 0.6 is 11.8 Å². The van der Waals surface area contributed by atoms with Crippen LogP contribution in [0.3, 0.4) is 0 Å². The number of carbonyl (C=O) groups excluding carboxylic acids is 1. The topological polar surface area (TPSA) is 51.0 Å². The Morgan fingerprint density at radius 3 is 2.57 bits per heavy atom. The van der Waals surface area contributed by atoms with Gasteiger partial charge in [-0.25, -0.2) is 0 Å². The number of carbonyl (C=O) groups is 1. The van der Waals surface area contributed by atoms with Crippen LogP contribution in [-0.2, 0) is 12.3 Å². The van der Waals surface area contributed by atoms with Crippen molar-refractivity contribution in [3.63, 3.8) is 0 Å². The number of amides is 1. The normalized spacial score (nSPS) is 10.7. The molecule has 0 bridgehead atoms. The van der Waals surface area contributed by atoms with Crippen LogP contribution in [0.2, 0.25) is 0 Å². The number of benzene rings is 2. The van der Waals surface area contributed by atoms with E-state index in [-0.39, 0.29) is 5.91 Å². The van der Waals surface area contributed by atoms with E-state index in [1.807, 2.05) is 42.5 Å². The molecule has 0 atom stereocenters. The molecule has 0 aliphatic rings. The van der Waals surface area contributed by atoms with E-state index in [4.69, 9.17) is 0 Å². The van der Waals surface area contributed by atoms with Crippen LogP contribution in [0.5, 0.6) is 0 Å². The predicted octanol–water partition coefficient (Wildman–Crippen LogP) is 4.43. The molecule has 1 amide bonds. The summed E-state index contributed by atoms with van der Waals surface area (Å²) in [5.74, 6) is 1.60. The van der Waals surface area contributed by atoms with E-state index in [0.29, 0.717) is 12.1 Å². The molecule has 1 aromatic heterocycles. The Kier molecular flexibility index (Phi) is 6.31. The van der Waals surface area contributed by atoms with Gasteiger partial charge in [0.1, 0.15) is 0 Å². The number of rotatable bonds is 7. The van der Waals surface area contributed by atoms with Crippen molar-refractivity contribution < 1.29 is 4.79 Å². The van der Waals surface area contributed by atoms with Crippen molar-refractivity contribution in [2.75, 3.05) is 14.1 Å². The Morgan fingerprint density at radius 1 is 1.18 bits per heavy atom. The maximum absolute atomic E-state index is 12.0. The first kappa shape index (κ1) is 19.9. The van der Waals surface area contributed by atoms with Gasteiger partial charge in [0.05, 0.1) is 0 Å². The fourth-order valence-corrected chi connectivity index (χ4v) is 3.74. The Morgan fingerprint density at radius 2 is 1.93 bits per heavy atom. The number of aryl methyl sites for hydroxylation is 1. The molecule has 3 aromatic rings. The van der Waals surface area contributed by atoms with Crippen LogP contribution < -0.4 is 0 Å². The quantitative estimate of drug-likeness (QED) is 0.441. The van der Waals surface area contributed by atoms with E-state index >= 15 is 0 Å². The summed E-state index contributed by atoms with van der Waals surface area (Å²) in [6, 6.07) is 16.0. The third-order valence-electron chi connectivity index (χ3n) is 4.28. The molecule has 0 aliphatic heterocycles. The monoisotopic (exact) mass is 392 g/mol. The summed E-state index contributed by atoms with van der Waals surface area (Å²) in [7, 11) is 3.51. The zero-order valence-corrected chi connectivity index (χ0v) is 17.2. The molecular formula is C22H24N4OS.